The summed E-state index contributed by atoms with van der Waals surface area (Å²) < 4.78 is 2.34. The Morgan fingerprint density at radius 2 is 2.14 bits per heavy atom. The van der Waals surface area contributed by atoms with Gasteiger partial charge in [-0.1, -0.05) is 0 Å². The van der Waals surface area contributed by atoms with E-state index in [-0.39, 0.29) is 0 Å². The Hall–Kier alpha value is -0.900. The average Bonchev–Trinajstić information content (AvgIpc) is 2.75. The van der Waals surface area contributed by atoms with Crippen molar-refractivity contribution in [2.24, 2.45) is 0 Å². The second-order valence-electron chi connectivity index (χ2n) is 4.36. The van der Waals surface area contributed by atoms with E-state index >= 15 is 0 Å². The molecule has 3 rings (SSSR count). The molecule has 0 aromatic carbocycles. The van der Waals surface area contributed by atoms with E-state index in [2.05, 4.69) is 27.0 Å². The first-order chi connectivity index (χ1) is 6.86. The Balaban J connectivity index is 1.95. The molecule has 1 atom stereocenters. The number of rotatable bonds is 2. The fourth-order valence-corrected chi connectivity index (χ4v) is 2.31. The number of hydrogen-bond acceptors (Lipinski definition) is 3. The second kappa shape index (κ2) is 3.05. The van der Waals surface area contributed by atoms with Crippen LogP contribution >= 0.6 is 0 Å². The molecule has 0 amide bonds. The molecule has 0 bridgehead atoms. The molecular weight excluding hydrogens is 176 g/mol. The van der Waals surface area contributed by atoms with E-state index in [9.17, 15) is 0 Å². The Labute approximate surface area is 83.7 Å². The van der Waals surface area contributed by atoms with Gasteiger partial charge in [0.1, 0.15) is 11.6 Å². The molecule has 76 valence electrons. The molecule has 1 aromatic heterocycles. The molecule has 1 N–H and O–H groups in total. The minimum atomic E-state index is 0.455. The summed E-state index contributed by atoms with van der Waals surface area (Å²) in [5.41, 5.74) is 0. The molecule has 2 aliphatic rings. The molecule has 0 spiro atoms. The molecular formula is C10H16N4. The highest BCUT2D eigenvalue weighted by Gasteiger charge is 2.31. The molecule has 0 unspecified atom stereocenters. The van der Waals surface area contributed by atoms with Crippen molar-refractivity contribution in [2.45, 2.75) is 44.7 Å². The zero-order valence-electron chi connectivity index (χ0n) is 8.53. The number of nitrogens with zero attached hydrogens (tertiary/aromatic N) is 3. The van der Waals surface area contributed by atoms with Crippen LogP contribution in [0.2, 0.25) is 0 Å². The quantitative estimate of drug-likeness (QED) is 0.769. The van der Waals surface area contributed by atoms with E-state index in [1.807, 2.05) is 0 Å². The minimum absolute atomic E-state index is 0.455. The Kier molecular flexibility index (Phi) is 1.83. The van der Waals surface area contributed by atoms with E-state index < -0.39 is 0 Å². The summed E-state index contributed by atoms with van der Waals surface area (Å²) >= 11 is 0. The highest BCUT2D eigenvalue weighted by atomic mass is 15.3. The van der Waals surface area contributed by atoms with Gasteiger partial charge in [-0.25, -0.2) is 0 Å². The van der Waals surface area contributed by atoms with Crippen molar-refractivity contribution in [2.75, 3.05) is 6.54 Å². The van der Waals surface area contributed by atoms with Crippen molar-refractivity contribution in [1.29, 1.82) is 0 Å². The Morgan fingerprint density at radius 1 is 1.29 bits per heavy atom. The molecule has 14 heavy (non-hydrogen) atoms. The van der Waals surface area contributed by atoms with E-state index in [0.717, 1.165) is 12.4 Å². The monoisotopic (exact) mass is 192 g/mol. The third-order valence-corrected chi connectivity index (χ3v) is 3.18. The third-order valence-electron chi connectivity index (χ3n) is 3.18. The standard InChI is InChI=1S/C10H16N4/c1-7-12-13-10(9-3-2-6-11-9)14(7)8-4-5-8/h8-9,11H,2-6H2,1H3/t9-/m0/s1. The molecule has 1 saturated carbocycles. The van der Waals surface area contributed by atoms with Crippen LogP contribution in [0, 0.1) is 6.92 Å². The average molecular weight is 192 g/mol. The summed E-state index contributed by atoms with van der Waals surface area (Å²) in [6.07, 6.45) is 5.09. The van der Waals surface area contributed by atoms with Gasteiger partial charge in [-0.15, -0.1) is 10.2 Å². The second-order valence-corrected chi connectivity index (χ2v) is 4.36. The van der Waals surface area contributed by atoms with Gasteiger partial charge in [0.25, 0.3) is 0 Å². The van der Waals surface area contributed by atoms with Crippen molar-refractivity contribution in [3.63, 3.8) is 0 Å². The highest BCUT2D eigenvalue weighted by Crippen LogP contribution is 2.38. The summed E-state index contributed by atoms with van der Waals surface area (Å²) in [7, 11) is 0. The van der Waals surface area contributed by atoms with Gasteiger partial charge in [-0.2, -0.15) is 0 Å². The van der Waals surface area contributed by atoms with Crippen molar-refractivity contribution in [3.05, 3.63) is 11.6 Å². The molecule has 1 aromatic rings. The van der Waals surface area contributed by atoms with Crippen LogP contribution in [-0.2, 0) is 0 Å². The van der Waals surface area contributed by atoms with Gasteiger partial charge >= 0.3 is 0 Å². The minimum Gasteiger partial charge on any atom is -0.311 e. The van der Waals surface area contributed by atoms with Crippen LogP contribution in [0.1, 0.15) is 49.4 Å². The number of aryl methyl sites for hydroxylation is 1. The van der Waals surface area contributed by atoms with Gasteiger partial charge in [0.05, 0.1) is 6.04 Å². The zero-order valence-corrected chi connectivity index (χ0v) is 8.53. The maximum absolute atomic E-state index is 4.31. The molecule has 1 aliphatic heterocycles. The van der Waals surface area contributed by atoms with Crippen LogP contribution in [0.4, 0.5) is 0 Å². The van der Waals surface area contributed by atoms with Gasteiger partial charge in [0, 0.05) is 6.04 Å². The van der Waals surface area contributed by atoms with Crippen LogP contribution < -0.4 is 5.32 Å². The van der Waals surface area contributed by atoms with Crippen molar-refractivity contribution in [1.82, 2.24) is 20.1 Å². The number of hydrogen-bond donors (Lipinski definition) is 1. The van der Waals surface area contributed by atoms with Crippen LogP contribution in [0.25, 0.3) is 0 Å². The van der Waals surface area contributed by atoms with Gasteiger partial charge in [-0.05, 0) is 39.2 Å². The lowest BCUT2D eigenvalue weighted by Crippen LogP contribution is -2.18. The van der Waals surface area contributed by atoms with Gasteiger partial charge in [-0.3, -0.25) is 0 Å². The first-order valence-corrected chi connectivity index (χ1v) is 5.51. The largest absolute Gasteiger partial charge is 0.311 e. The Bertz CT molecular complexity index is 334. The molecule has 2 fully saturated rings. The third kappa shape index (κ3) is 1.25. The van der Waals surface area contributed by atoms with Gasteiger partial charge in [0.2, 0.25) is 0 Å². The van der Waals surface area contributed by atoms with Crippen LogP contribution in [0.3, 0.4) is 0 Å². The molecule has 2 heterocycles. The van der Waals surface area contributed by atoms with Crippen molar-refractivity contribution >= 4 is 0 Å². The number of aromatic nitrogens is 3. The van der Waals surface area contributed by atoms with Crippen molar-refractivity contribution in [3.8, 4) is 0 Å². The fraction of sp³-hybridized carbons (Fsp3) is 0.800. The fourth-order valence-electron chi connectivity index (χ4n) is 2.31. The van der Waals surface area contributed by atoms with Crippen LogP contribution in [-0.4, -0.2) is 21.3 Å². The van der Waals surface area contributed by atoms with E-state index in [0.29, 0.717) is 12.1 Å². The maximum Gasteiger partial charge on any atom is 0.150 e. The summed E-state index contributed by atoms with van der Waals surface area (Å²) in [6.45, 7) is 3.19. The van der Waals surface area contributed by atoms with Crippen molar-refractivity contribution < 1.29 is 0 Å². The molecule has 1 saturated heterocycles. The van der Waals surface area contributed by atoms with Crippen LogP contribution in [0.5, 0.6) is 0 Å². The predicted molar refractivity (Wildman–Crippen MR) is 53.0 cm³/mol. The smallest absolute Gasteiger partial charge is 0.150 e. The summed E-state index contributed by atoms with van der Waals surface area (Å²) in [6, 6.07) is 1.15. The topological polar surface area (TPSA) is 42.7 Å². The van der Waals surface area contributed by atoms with Crippen LogP contribution in [0.15, 0.2) is 0 Å². The van der Waals surface area contributed by atoms with Gasteiger partial charge in [0.15, 0.2) is 0 Å². The van der Waals surface area contributed by atoms with E-state index in [4.69, 9.17) is 0 Å². The lowest BCUT2D eigenvalue weighted by molar-refractivity contribution is 0.547. The summed E-state index contributed by atoms with van der Waals surface area (Å²) in [5.74, 6) is 2.25. The van der Waals surface area contributed by atoms with E-state index in [1.165, 1.54) is 31.5 Å². The normalized spacial score (nSPS) is 27.1. The summed E-state index contributed by atoms with van der Waals surface area (Å²) in [5, 5.41) is 12.0. The Morgan fingerprint density at radius 3 is 2.79 bits per heavy atom. The zero-order chi connectivity index (χ0) is 9.54. The molecule has 0 radical (unpaired) electrons. The molecule has 4 heteroatoms. The molecule has 1 aliphatic carbocycles. The first-order valence-electron chi connectivity index (χ1n) is 5.51. The first kappa shape index (κ1) is 8.41. The van der Waals surface area contributed by atoms with E-state index in [1.54, 1.807) is 0 Å². The highest BCUT2D eigenvalue weighted by molar-refractivity contribution is 5.06. The lowest BCUT2D eigenvalue weighted by Gasteiger charge is -2.12. The number of nitrogens with one attached hydrogen (secondary N) is 1. The predicted octanol–water partition coefficient (Wildman–Crippen LogP) is 1.35. The van der Waals surface area contributed by atoms with Gasteiger partial charge < -0.3 is 9.88 Å². The molecule has 4 nitrogen and oxygen atoms in total. The maximum atomic E-state index is 4.31. The summed E-state index contributed by atoms with van der Waals surface area (Å²) in [4.78, 5) is 0. The SMILES string of the molecule is Cc1nnc([C@@H]2CCCN2)n1C1CC1. The lowest BCUT2D eigenvalue weighted by atomic mass is 10.2.